The van der Waals surface area contributed by atoms with Gasteiger partial charge < -0.3 is 5.11 Å². The standard InChI is InChI=1S/C11H16N2O2S/c1-9-6-7-12(8-9)13(15)16-11-4-2-10(14)3-5-11/h2-5,9,14-15H,6-8H2,1H3/t9-/m1/s1. The molecule has 2 rings (SSSR count). The highest BCUT2D eigenvalue weighted by Crippen LogP contribution is 2.27. The lowest BCUT2D eigenvalue weighted by Gasteiger charge is -2.23. The summed E-state index contributed by atoms with van der Waals surface area (Å²) in [6.07, 6.45) is 1.12. The van der Waals surface area contributed by atoms with Crippen LogP contribution >= 0.6 is 11.9 Å². The van der Waals surface area contributed by atoms with Crippen LogP contribution in [0.5, 0.6) is 5.75 Å². The molecule has 88 valence electrons. The topological polar surface area (TPSA) is 46.9 Å². The second-order valence-corrected chi connectivity index (χ2v) is 5.12. The lowest BCUT2D eigenvalue weighted by Crippen LogP contribution is -2.33. The third-order valence-corrected chi connectivity index (χ3v) is 3.55. The molecule has 0 saturated carbocycles. The molecule has 1 aliphatic heterocycles. The number of nitrogens with zero attached hydrogens (tertiary/aromatic N) is 2. The maximum absolute atomic E-state index is 9.85. The molecule has 0 aromatic heterocycles. The van der Waals surface area contributed by atoms with Gasteiger partial charge in [0.05, 0.1) is 0 Å². The van der Waals surface area contributed by atoms with E-state index in [1.807, 2.05) is 5.01 Å². The molecule has 1 saturated heterocycles. The van der Waals surface area contributed by atoms with Crippen molar-refractivity contribution in [1.82, 2.24) is 9.59 Å². The first-order valence-corrected chi connectivity index (χ1v) is 6.13. The van der Waals surface area contributed by atoms with Gasteiger partial charge in [-0.05, 0) is 36.6 Å². The molecule has 2 N–H and O–H groups in total. The van der Waals surface area contributed by atoms with Gasteiger partial charge in [0.25, 0.3) is 0 Å². The number of phenolic OH excluding ortho intramolecular Hbond substituents is 1. The van der Waals surface area contributed by atoms with Gasteiger partial charge in [0.2, 0.25) is 0 Å². The van der Waals surface area contributed by atoms with Crippen molar-refractivity contribution >= 4 is 11.9 Å². The first-order chi connectivity index (χ1) is 7.65. The van der Waals surface area contributed by atoms with Crippen LogP contribution in [0, 0.1) is 5.92 Å². The zero-order valence-electron chi connectivity index (χ0n) is 9.21. The van der Waals surface area contributed by atoms with Crippen LogP contribution in [0.2, 0.25) is 0 Å². The van der Waals surface area contributed by atoms with Crippen molar-refractivity contribution < 1.29 is 10.3 Å². The molecule has 1 fully saturated rings. The normalized spacial score (nSPS) is 21.8. The third-order valence-electron chi connectivity index (χ3n) is 2.67. The van der Waals surface area contributed by atoms with Crippen molar-refractivity contribution in [3.8, 4) is 5.75 Å². The Hall–Kier alpha value is -0.750. The highest BCUT2D eigenvalue weighted by molar-refractivity contribution is 7.96. The summed E-state index contributed by atoms with van der Waals surface area (Å²) in [5.74, 6) is 0.874. The van der Waals surface area contributed by atoms with E-state index in [0.717, 1.165) is 24.4 Å². The maximum Gasteiger partial charge on any atom is 0.115 e. The molecule has 1 heterocycles. The van der Waals surface area contributed by atoms with E-state index in [1.54, 1.807) is 24.3 Å². The van der Waals surface area contributed by atoms with Gasteiger partial charge in [0.15, 0.2) is 0 Å². The predicted octanol–water partition coefficient (Wildman–Crippen LogP) is 2.35. The minimum Gasteiger partial charge on any atom is -0.508 e. The molecular weight excluding hydrogens is 224 g/mol. The van der Waals surface area contributed by atoms with Crippen molar-refractivity contribution in [1.29, 1.82) is 0 Å². The molecule has 0 unspecified atom stereocenters. The van der Waals surface area contributed by atoms with Gasteiger partial charge in [0, 0.05) is 29.9 Å². The summed E-state index contributed by atoms with van der Waals surface area (Å²) in [5, 5.41) is 20.9. The van der Waals surface area contributed by atoms with Crippen molar-refractivity contribution in [2.24, 2.45) is 5.92 Å². The lowest BCUT2D eigenvalue weighted by atomic mass is 10.2. The van der Waals surface area contributed by atoms with Crippen molar-refractivity contribution in [3.63, 3.8) is 0 Å². The lowest BCUT2D eigenvalue weighted by molar-refractivity contribution is -0.147. The Balaban J connectivity index is 1.91. The monoisotopic (exact) mass is 240 g/mol. The van der Waals surface area contributed by atoms with Crippen LogP contribution in [0.4, 0.5) is 0 Å². The first kappa shape index (κ1) is 11.7. The fourth-order valence-corrected chi connectivity index (χ4v) is 2.44. The van der Waals surface area contributed by atoms with Crippen LogP contribution in [0.3, 0.4) is 0 Å². The zero-order valence-corrected chi connectivity index (χ0v) is 10.0. The SMILES string of the molecule is C[C@@H]1CCN(N(O)Sc2ccc(O)cc2)C1. The Kier molecular flexibility index (Phi) is 3.70. The van der Waals surface area contributed by atoms with Crippen LogP contribution in [0.1, 0.15) is 13.3 Å². The fourth-order valence-electron chi connectivity index (χ4n) is 1.73. The molecular formula is C11H16N2O2S. The van der Waals surface area contributed by atoms with Crippen molar-refractivity contribution in [3.05, 3.63) is 24.3 Å². The Bertz CT molecular complexity index is 344. The van der Waals surface area contributed by atoms with Gasteiger partial charge in [0.1, 0.15) is 5.75 Å². The Labute approximate surface area is 99.5 Å². The summed E-state index contributed by atoms with van der Waals surface area (Å²) < 4.78 is 1.19. The molecule has 4 nitrogen and oxygen atoms in total. The first-order valence-electron chi connectivity index (χ1n) is 5.36. The van der Waals surface area contributed by atoms with Crippen LogP contribution in [-0.4, -0.2) is 33.0 Å². The number of phenols is 1. The number of hydrazine groups is 1. The summed E-state index contributed by atoms with van der Waals surface area (Å²) in [6.45, 7) is 3.96. The third kappa shape index (κ3) is 2.89. The maximum atomic E-state index is 9.85. The molecule has 0 radical (unpaired) electrons. The van der Waals surface area contributed by atoms with Crippen LogP contribution in [-0.2, 0) is 0 Å². The summed E-state index contributed by atoms with van der Waals surface area (Å²) in [4.78, 5) is 0.903. The van der Waals surface area contributed by atoms with Gasteiger partial charge in [-0.3, -0.25) is 5.21 Å². The van der Waals surface area contributed by atoms with E-state index in [2.05, 4.69) is 6.92 Å². The summed E-state index contributed by atoms with van der Waals surface area (Å²) in [6, 6.07) is 6.79. The molecule has 1 aromatic rings. The Morgan fingerprint density at radius 1 is 1.38 bits per heavy atom. The van der Waals surface area contributed by atoms with E-state index in [9.17, 15) is 5.21 Å². The molecule has 1 aliphatic rings. The van der Waals surface area contributed by atoms with E-state index >= 15 is 0 Å². The molecule has 0 aliphatic carbocycles. The number of rotatable bonds is 3. The van der Waals surface area contributed by atoms with Crippen molar-refractivity contribution in [2.45, 2.75) is 18.2 Å². The molecule has 16 heavy (non-hydrogen) atoms. The van der Waals surface area contributed by atoms with Gasteiger partial charge >= 0.3 is 0 Å². The second-order valence-electron chi connectivity index (χ2n) is 4.14. The minimum atomic E-state index is 0.239. The van der Waals surface area contributed by atoms with E-state index in [-0.39, 0.29) is 5.75 Å². The molecule has 0 amide bonds. The Morgan fingerprint density at radius 3 is 2.62 bits per heavy atom. The summed E-state index contributed by atoms with van der Waals surface area (Å²) in [5.41, 5.74) is 0. The molecule has 5 heteroatoms. The largest absolute Gasteiger partial charge is 0.508 e. The van der Waals surface area contributed by atoms with Gasteiger partial charge in [-0.1, -0.05) is 11.5 Å². The average molecular weight is 240 g/mol. The summed E-state index contributed by atoms with van der Waals surface area (Å²) in [7, 11) is 0. The van der Waals surface area contributed by atoms with Gasteiger partial charge in [-0.2, -0.15) is 0 Å². The van der Waals surface area contributed by atoms with Gasteiger partial charge in [-0.25, -0.2) is 5.01 Å². The average Bonchev–Trinajstić information content (AvgIpc) is 2.68. The van der Waals surface area contributed by atoms with Crippen LogP contribution in [0.25, 0.3) is 0 Å². The summed E-state index contributed by atoms with van der Waals surface area (Å²) >= 11 is 1.26. The van der Waals surface area contributed by atoms with E-state index in [1.165, 1.54) is 16.5 Å². The predicted molar refractivity (Wildman–Crippen MR) is 62.9 cm³/mol. The van der Waals surface area contributed by atoms with Crippen LogP contribution in [0.15, 0.2) is 29.2 Å². The minimum absolute atomic E-state index is 0.239. The fraction of sp³-hybridized carbons (Fsp3) is 0.455. The van der Waals surface area contributed by atoms with E-state index in [0.29, 0.717) is 5.92 Å². The highest BCUT2D eigenvalue weighted by Gasteiger charge is 2.23. The quantitative estimate of drug-likeness (QED) is 0.627. The molecule has 1 aromatic carbocycles. The highest BCUT2D eigenvalue weighted by atomic mass is 32.2. The molecule has 0 spiro atoms. The van der Waals surface area contributed by atoms with Crippen LogP contribution < -0.4 is 0 Å². The number of benzene rings is 1. The van der Waals surface area contributed by atoms with Gasteiger partial charge in [-0.15, -0.1) is 0 Å². The Morgan fingerprint density at radius 2 is 2.06 bits per heavy atom. The number of hydrogen-bond acceptors (Lipinski definition) is 5. The van der Waals surface area contributed by atoms with E-state index in [4.69, 9.17) is 5.11 Å². The smallest absolute Gasteiger partial charge is 0.115 e. The zero-order chi connectivity index (χ0) is 11.5. The molecule has 0 bridgehead atoms. The molecule has 1 atom stereocenters. The van der Waals surface area contributed by atoms with Crippen molar-refractivity contribution in [2.75, 3.05) is 13.1 Å². The second kappa shape index (κ2) is 5.05. The number of aromatic hydroxyl groups is 1. The van der Waals surface area contributed by atoms with E-state index < -0.39 is 0 Å². The number of hydrogen-bond donors (Lipinski definition) is 2.